The molecule has 0 aromatic heterocycles. The summed E-state index contributed by atoms with van der Waals surface area (Å²) in [6.45, 7) is 13.6. The topological polar surface area (TPSA) is 27.6 Å². The van der Waals surface area contributed by atoms with Gasteiger partial charge in [0.1, 0.15) is 4.05 Å². The van der Waals surface area contributed by atoms with Gasteiger partial charge in [0.25, 0.3) is 0 Å². The molecule has 2 rings (SSSR count). The minimum absolute atomic E-state index is 0.153. The molecule has 25 heavy (non-hydrogen) atoms. The second-order valence-electron chi connectivity index (χ2n) is 8.61. The fraction of sp³-hybridized carbons (Fsp3) is 0.667. The summed E-state index contributed by atoms with van der Waals surface area (Å²) in [6, 6.07) is 7.05. The maximum absolute atomic E-state index is 4.93. The van der Waals surface area contributed by atoms with Crippen molar-refractivity contribution in [2.45, 2.75) is 62.3 Å². The highest BCUT2D eigenvalue weighted by Crippen LogP contribution is 2.46. The Kier molecular flexibility index (Phi) is 6.58. The van der Waals surface area contributed by atoms with Gasteiger partial charge in [0.15, 0.2) is 0 Å². The molecule has 4 heteroatoms. The molecule has 1 aliphatic rings. The molecule has 0 heterocycles. The van der Waals surface area contributed by atoms with Crippen LogP contribution in [0.5, 0.6) is 0 Å². The quantitative estimate of drug-likeness (QED) is 0.222. The lowest BCUT2D eigenvalue weighted by Gasteiger charge is -2.42. The molecule has 0 bridgehead atoms. The summed E-state index contributed by atoms with van der Waals surface area (Å²) in [5.74, 6) is 1.09. The van der Waals surface area contributed by atoms with E-state index in [4.69, 9.17) is 4.99 Å². The van der Waals surface area contributed by atoms with Crippen LogP contribution in [0.25, 0.3) is 0 Å². The van der Waals surface area contributed by atoms with Crippen LogP contribution in [0.15, 0.2) is 23.2 Å². The average Bonchev–Trinajstić information content (AvgIpc) is 2.56. The molecule has 0 radical (unpaired) electrons. The van der Waals surface area contributed by atoms with Gasteiger partial charge >= 0.3 is 0 Å². The summed E-state index contributed by atoms with van der Waals surface area (Å²) >= 11 is 2.46. The zero-order valence-corrected chi connectivity index (χ0v) is 19.1. The summed E-state index contributed by atoms with van der Waals surface area (Å²) in [5.41, 5.74) is 4.87. The molecule has 3 nitrogen and oxygen atoms in total. The zero-order valence-electron chi connectivity index (χ0n) is 16.9. The maximum atomic E-state index is 4.93. The third kappa shape index (κ3) is 4.76. The van der Waals surface area contributed by atoms with E-state index in [9.17, 15) is 0 Å². The molecule has 1 aliphatic carbocycles. The van der Waals surface area contributed by atoms with Crippen molar-refractivity contribution in [2.75, 3.05) is 27.2 Å². The van der Waals surface area contributed by atoms with Crippen molar-refractivity contribution < 1.29 is 0 Å². The first-order valence-electron chi connectivity index (χ1n) is 9.27. The number of fused-ring (bicyclic) bond motifs is 1. The van der Waals surface area contributed by atoms with Gasteiger partial charge in [-0.05, 0) is 54.3 Å². The smallest absolute Gasteiger partial charge is 0.128 e. The number of amidine groups is 1. The van der Waals surface area contributed by atoms with Crippen LogP contribution in [0.1, 0.15) is 68.2 Å². The van der Waals surface area contributed by atoms with Gasteiger partial charge in [-0.1, -0.05) is 68.5 Å². The van der Waals surface area contributed by atoms with E-state index in [0.717, 1.165) is 18.9 Å². The third-order valence-corrected chi connectivity index (χ3v) is 6.70. The number of nitrogens with zero attached hydrogens (tertiary/aromatic N) is 2. The summed E-state index contributed by atoms with van der Waals surface area (Å²) in [6.07, 6.45) is 2.50. The van der Waals surface area contributed by atoms with Crippen LogP contribution in [0.3, 0.4) is 0 Å². The van der Waals surface area contributed by atoms with Gasteiger partial charge in [-0.15, -0.1) is 0 Å². The minimum Gasteiger partial charge on any atom is -0.362 e. The van der Waals surface area contributed by atoms with Crippen LogP contribution in [0.4, 0.5) is 0 Å². The lowest BCUT2D eigenvalue weighted by Crippen LogP contribution is -2.34. The number of aliphatic imine (C=N–C) groups is 1. The highest BCUT2D eigenvalue weighted by Gasteiger charge is 2.37. The minimum atomic E-state index is 0.153. The molecule has 0 saturated heterocycles. The molecule has 1 atom stereocenters. The number of likely N-dealkylation sites (N-methyl/N-ethyl adjacent to an activating group) is 2. The number of benzene rings is 1. The Morgan fingerprint density at radius 2 is 1.80 bits per heavy atom. The normalized spacial score (nSPS) is 20.1. The first-order valence-corrected chi connectivity index (χ1v) is 10.5. The Hall–Kier alpha value is -0.620. The number of rotatable bonds is 5. The van der Waals surface area contributed by atoms with E-state index in [1.165, 1.54) is 29.5 Å². The van der Waals surface area contributed by atoms with E-state index >= 15 is 0 Å². The Bertz CT molecular complexity index is 634. The number of hydrogen-bond donors (Lipinski definition) is 1. The van der Waals surface area contributed by atoms with Gasteiger partial charge in [-0.25, -0.2) is 0 Å². The Labute approximate surface area is 167 Å². The first kappa shape index (κ1) is 20.7. The van der Waals surface area contributed by atoms with Gasteiger partial charge in [0.2, 0.25) is 0 Å². The van der Waals surface area contributed by atoms with Gasteiger partial charge in [-0.3, -0.25) is 4.99 Å². The summed E-state index contributed by atoms with van der Waals surface area (Å²) < 4.78 is 0.153. The monoisotopic (exact) mass is 455 g/mol. The predicted molar refractivity (Wildman–Crippen MR) is 118 cm³/mol. The Balaban J connectivity index is 2.29. The second kappa shape index (κ2) is 7.95. The van der Waals surface area contributed by atoms with Gasteiger partial charge in [0, 0.05) is 20.1 Å². The van der Waals surface area contributed by atoms with E-state index < -0.39 is 0 Å². The summed E-state index contributed by atoms with van der Waals surface area (Å²) in [7, 11) is 4.09. The molecular formula is C21H34IN3. The van der Waals surface area contributed by atoms with Crippen molar-refractivity contribution in [3.63, 3.8) is 0 Å². The maximum Gasteiger partial charge on any atom is 0.128 e. The van der Waals surface area contributed by atoms with Crippen LogP contribution >= 0.6 is 22.6 Å². The lowest BCUT2D eigenvalue weighted by molar-refractivity contribution is 0.331. The van der Waals surface area contributed by atoms with Crippen LogP contribution in [-0.4, -0.2) is 37.9 Å². The standard InChI is InChI=1S/C21H34IN3/c1-15(25(7)13-12-23-6)24-19(22)16-8-9-17-18(14-16)21(4,5)11-10-20(17,2)3/h8-9,14,19,23H,10-13H2,1-7H3/b24-15+. The summed E-state index contributed by atoms with van der Waals surface area (Å²) in [4.78, 5) is 7.15. The number of alkyl halides is 1. The predicted octanol–water partition coefficient (Wildman–Crippen LogP) is 5.04. The molecule has 0 aliphatic heterocycles. The zero-order chi connectivity index (χ0) is 18.8. The molecule has 0 amide bonds. The van der Waals surface area contributed by atoms with Crippen molar-refractivity contribution in [3.05, 3.63) is 34.9 Å². The van der Waals surface area contributed by atoms with Crippen molar-refractivity contribution in [3.8, 4) is 0 Å². The van der Waals surface area contributed by atoms with Crippen LogP contribution < -0.4 is 5.32 Å². The molecule has 1 N–H and O–H groups in total. The van der Waals surface area contributed by atoms with Gasteiger partial charge in [-0.2, -0.15) is 0 Å². The summed E-state index contributed by atoms with van der Waals surface area (Å²) in [5, 5.41) is 3.19. The van der Waals surface area contributed by atoms with Crippen molar-refractivity contribution in [1.29, 1.82) is 0 Å². The van der Waals surface area contributed by atoms with E-state index in [0.29, 0.717) is 0 Å². The molecule has 0 fully saturated rings. The van der Waals surface area contributed by atoms with E-state index in [1.54, 1.807) is 0 Å². The fourth-order valence-corrected chi connectivity index (χ4v) is 4.32. The molecule has 1 aromatic rings. The fourth-order valence-electron chi connectivity index (χ4n) is 3.53. The lowest BCUT2D eigenvalue weighted by atomic mass is 9.63. The molecule has 1 unspecified atom stereocenters. The van der Waals surface area contributed by atoms with Gasteiger partial charge in [0.05, 0.1) is 5.84 Å². The number of halogens is 1. The highest BCUT2D eigenvalue weighted by atomic mass is 127. The van der Waals surface area contributed by atoms with Crippen molar-refractivity contribution in [1.82, 2.24) is 10.2 Å². The molecule has 0 spiro atoms. The molecular weight excluding hydrogens is 421 g/mol. The van der Waals surface area contributed by atoms with Crippen molar-refractivity contribution in [2.24, 2.45) is 4.99 Å². The van der Waals surface area contributed by atoms with E-state index in [2.05, 4.69) is 92.7 Å². The van der Waals surface area contributed by atoms with Crippen LogP contribution in [0.2, 0.25) is 0 Å². The van der Waals surface area contributed by atoms with Crippen LogP contribution in [-0.2, 0) is 10.8 Å². The Morgan fingerprint density at radius 1 is 1.20 bits per heavy atom. The number of nitrogens with one attached hydrogen (secondary N) is 1. The molecule has 0 saturated carbocycles. The largest absolute Gasteiger partial charge is 0.362 e. The highest BCUT2D eigenvalue weighted by molar-refractivity contribution is 14.1. The second-order valence-corrected chi connectivity index (χ2v) is 9.79. The SMILES string of the molecule is CNCCN(C)/C(C)=N/C(I)c1ccc2c(c1)C(C)(C)CCC2(C)C. The average molecular weight is 455 g/mol. The van der Waals surface area contributed by atoms with E-state index in [1.807, 2.05) is 7.05 Å². The van der Waals surface area contributed by atoms with Crippen molar-refractivity contribution >= 4 is 28.4 Å². The van der Waals surface area contributed by atoms with Crippen LogP contribution in [0, 0.1) is 0 Å². The van der Waals surface area contributed by atoms with E-state index in [-0.39, 0.29) is 14.9 Å². The third-order valence-electron chi connectivity index (χ3n) is 5.70. The Morgan fingerprint density at radius 3 is 2.40 bits per heavy atom. The van der Waals surface area contributed by atoms with Gasteiger partial charge < -0.3 is 10.2 Å². The molecule has 140 valence electrons. The number of hydrogen-bond acceptors (Lipinski definition) is 2. The first-order chi connectivity index (χ1) is 11.6. The molecule has 1 aromatic carbocycles.